The van der Waals surface area contributed by atoms with E-state index in [0.717, 1.165) is 17.0 Å². The average molecular weight is 473 g/mol. The van der Waals surface area contributed by atoms with Crippen LogP contribution in [-0.2, 0) is 17.1 Å². The van der Waals surface area contributed by atoms with E-state index in [0.29, 0.717) is 11.3 Å². The Morgan fingerprint density at radius 3 is 2.71 bits per heavy atom. The standard InChI is InChI=1S/C19H13ClN6O3S2/c1-26-15(4-5-24-26)14-9-18(20)23-11-17(14)29-16-3-2-13(8-12(16)10-21)31(27,28)25-19-22-6-7-30-19/h2-9,11H,1H3,(H,22,25). The predicted octanol–water partition coefficient (Wildman–Crippen LogP) is 4.06. The van der Waals surface area contributed by atoms with Crippen LogP contribution in [0.5, 0.6) is 11.5 Å². The SMILES string of the molecule is Cn1nccc1-c1cc(Cl)ncc1Oc1ccc(S(=O)(=O)Nc2nccs2)cc1C#N. The average Bonchev–Trinajstić information content (AvgIpc) is 3.40. The zero-order chi connectivity index (χ0) is 22.0. The normalized spacial score (nSPS) is 11.1. The van der Waals surface area contributed by atoms with E-state index in [1.807, 2.05) is 6.07 Å². The van der Waals surface area contributed by atoms with Crippen LogP contribution in [0.25, 0.3) is 11.3 Å². The van der Waals surface area contributed by atoms with Gasteiger partial charge >= 0.3 is 0 Å². The van der Waals surface area contributed by atoms with Gasteiger partial charge in [-0.15, -0.1) is 11.3 Å². The number of halogens is 1. The number of sulfonamides is 1. The summed E-state index contributed by atoms with van der Waals surface area (Å²) in [5, 5.41) is 15.9. The zero-order valence-corrected chi connectivity index (χ0v) is 18.2. The fraction of sp³-hybridized carbons (Fsp3) is 0.0526. The molecule has 1 aromatic carbocycles. The van der Waals surface area contributed by atoms with Gasteiger partial charge in [-0.2, -0.15) is 10.4 Å². The van der Waals surface area contributed by atoms with E-state index in [-0.39, 0.29) is 26.5 Å². The van der Waals surface area contributed by atoms with Crippen LogP contribution in [-0.4, -0.2) is 28.2 Å². The summed E-state index contributed by atoms with van der Waals surface area (Å²) in [6.07, 6.45) is 4.55. The molecule has 0 aliphatic carbocycles. The summed E-state index contributed by atoms with van der Waals surface area (Å²) in [6.45, 7) is 0. The van der Waals surface area contributed by atoms with Crippen molar-refractivity contribution in [1.82, 2.24) is 19.7 Å². The van der Waals surface area contributed by atoms with Gasteiger partial charge in [-0.05, 0) is 30.3 Å². The largest absolute Gasteiger partial charge is 0.454 e. The number of rotatable bonds is 6. The Hall–Kier alpha value is -3.46. The summed E-state index contributed by atoms with van der Waals surface area (Å²) in [6, 6.07) is 9.37. The van der Waals surface area contributed by atoms with Gasteiger partial charge in [-0.3, -0.25) is 9.40 Å². The van der Waals surface area contributed by atoms with Crippen LogP contribution in [0, 0.1) is 11.3 Å². The van der Waals surface area contributed by atoms with Crippen LogP contribution in [0.1, 0.15) is 5.56 Å². The van der Waals surface area contributed by atoms with Gasteiger partial charge in [0.2, 0.25) is 0 Å². The molecule has 9 nitrogen and oxygen atoms in total. The summed E-state index contributed by atoms with van der Waals surface area (Å²) in [5.41, 5.74) is 1.38. The number of anilines is 1. The van der Waals surface area contributed by atoms with Gasteiger partial charge in [0.25, 0.3) is 10.0 Å². The van der Waals surface area contributed by atoms with E-state index in [1.54, 1.807) is 35.4 Å². The van der Waals surface area contributed by atoms with Crippen molar-refractivity contribution in [2.24, 2.45) is 7.05 Å². The quantitative estimate of drug-likeness (QED) is 0.420. The van der Waals surface area contributed by atoms with Crippen molar-refractivity contribution in [3.05, 3.63) is 65.0 Å². The highest BCUT2D eigenvalue weighted by Gasteiger charge is 2.19. The monoisotopic (exact) mass is 472 g/mol. The first-order valence-corrected chi connectivity index (χ1v) is 11.4. The molecule has 1 N–H and O–H groups in total. The first kappa shape index (κ1) is 20.8. The van der Waals surface area contributed by atoms with Crippen molar-refractivity contribution < 1.29 is 13.2 Å². The summed E-state index contributed by atoms with van der Waals surface area (Å²) >= 11 is 7.20. The maximum absolute atomic E-state index is 12.6. The minimum Gasteiger partial charge on any atom is -0.454 e. The molecule has 0 spiro atoms. The highest BCUT2D eigenvalue weighted by Crippen LogP contribution is 2.35. The molecule has 3 aromatic heterocycles. The topological polar surface area (TPSA) is 123 Å². The van der Waals surface area contributed by atoms with Crippen LogP contribution in [0.4, 0.5) is 5.13 Å². The number of thiazole rings is 1. The van der Waals surface area contributed by atoms with Crippen molar-refractivity contribution in [1.29, 1.82) is 5.26 Å². The van der Waals surface area contributed by atoms with Gasteiger partial charge in [-0.1, -0.05) is 11.6 Å². The summed E-state index contributed by atoms with van der Waals surface area (Å²) in [5.74, 6) is 0.504. The molecule has 3 heterocycles. The lowest BCUT2D eigenvalue weighted by Crippen LogP contribution is -2.13. The molecular formula is C19H13ClN6O3S2. The van der Waals surface area contributed by atoms with Crippen LogP contribution < -0.4 is 9.46 Å². The van der Waals surface area contributed by atoms with Crippen molar-refractivity contribution in [2.45, 2.75) is 4.90 Å². The third kappa shape index (κ3) is 4.36. The third-order valence-electron chi connectivity index (χ3n) is 4.19. The molecule has 0 atom stereocenters. The molecule has 4 rings (SSSR count). The minimum absolute atomic E-state index is 0.0351. The molecule has 0 radical (unpaired) electrons. The molecule has 12 heteroatoms. The van der Waals surface area contributed by atoms with Crippen molar-refractivity contribution in [3.63, 3.8) is 0 Å². The maximum Gasteiger partial charge on any atom is 0.263 e. The van der Waals surface area contributed by atoms with Crippen molar-refractivity contribution in [2.75, 3.05) is 4.72 Å². The fourth-order valence-corrected chi connectivity index (χ4v) is 4.73. The highest BCUT2D eigenvalue weighted by atomic mass is 35.5. The fourth-order valence-electron chi connectivity index (χ4n) is 2.76. The molecule has 0 fully saturated rings. The molecule has 0 amide bonds. The Bertz CT molecular complexity index is 1390. The van der Waals surface area contributed by atoms with Crippen LogP contribution in [0.3, 0.4) is 0 Å². The first-order valence-electron chi connectivity index (χ1n) is 8.65. The van der Waals surface area contributed by atoms with E-state index >= 15 is 0 Å². The van der Waals surface area contributed by atoms with E-state index < -0.39 is 10.0 Å². The number of ether oxygens (including phenoxy) is 1. The lowest BCUT2D eigenvalue weighted by molar-refractivity contribution is 0.479. The second-order valence-electron chi connectivity index (χ2n) is 6.16. The number of nitrogens with one attached hydrogen (secondary N) is 1. The van der Waals surface area contributed by atoms with E-state index in [1.165, 1.54) is 30.6 Å². The number of hydrogen-bond donors (Lipinski definition) is 1. The number of nitriles is 1. The number of pyridine rings is 1. The van der Waals surface area contributed by atoms with E-state index in [9.17, 15) is 13.7 Å². The lowest BCUT2D eigenvalue weighted by atomic mass is 10.1. The number of benzene rings is 1. The molecular weight excluding hydrogens is 460 g/mol. The van der Waals surface area contributed by atoms with Crippen LogP contribution in [0.2, 0.25) is 5.15 Å². The third-order valence-corrected chi connectivity index (χ3v) is 6.55. The molecule has 31 heavy (non-hydrogen) atoms. The van der Waals surface area contributed by atoms with Gasteiger partial charge in [0, 0.05) is 30.4 Å². The van der Waals surface area contributed by atoms with E-state index in [4.69, 9.17) is 16.3 Å². The van der Waals surface area contributed by atoms with Crippen molar-refractivity contribution in [3.8, 4) is 28.8 Å². The highest BCUT2D eigenvalue weighted by molar-refractivity contribution is 7.93. The van der Waals surface area contributed by atoms with E-state index in [2.05, 4.69) is 19.8 Å². The molecule has 0 aliphatic heterocycles. The van der Waals surface area contributed by atoms with Crippen molar-refractivity contribution >= 4 is 38.1 Å². The molecule has 4 aromatic rings. The molecule has 0 saturated heterocycles. The van der Waals surface area contributed by atoms with Gasteiger partial charge in [0.1, 0.15) is 17.0 Å². The van der Waals surface area contributed by atoms with Crippen LogP contribution in [0.15, 0.2) is 59.2 Å². The Kier molecular flexibility index (Phi) is 5.60. The number of hydrogen-bond acceptors (Lipinski definition) is 8. The molecule has 0 unspecified atom stereocenters. The predicted molar refractivity (Wildman–Crippen MR) is 116 cm³/mol. The summed E-state index contributed by atoms with van der Waals surface area (Å²) in [7, 11) is -2.14. The smallest absolute Gasteiger partial charge is 0.263 e. The summed E-state index contributed by atoms with van der Waals surface area (Å²) < 4.78 is 35.1. The first-order chi connectivity index (χ1) is 14.9. The molecule has 0 aliphatic rings. The van der Waals surface area contributed by atoms with Gasteiger partial charge in [0.05, 0.1) is 22.3 Å². The number of nitrogens with zero attached hydrogens (tertiary/aromatic N) is 5. The Morgan fingerprint density at radius 2 is 2.03 bits per heavy atom. The number of aromatic nitrogens is 4. The number of aryl methyl sites for hydroxylation is 1. The lowest BCUT2D eigenvalue weighted by Gasteiger charge is -2.13. The van der Waals surface area contributed by atoms with Gasteiger partial charge in [0.15, 0.2) is 10.9 Å². The maximum atomic E-state index is 12.6. The Morgan fingerprint density at radius 1 is 1.19 bits per heavy atom. The summed E-state index contributed by atoms with van der Waals surface area (Å²) in [4.78, 5) is 7.86. The zero-order valence-electron chi connectivity index (χ0n) is 15.9. The Balaban J connectivity index is 1.70. The Labute approximate surface area is 186 Å². The second kappa shape index (κ2) is 8.35. The second-order valence-corrected chi connectivity index (χ2v) is 9.12. The molecule has 0 saturated carbocycles. The van der Waals surface area contributed by atoms with Gasteiger partial charge < -0.3 is 4.74 Å². The molecule has 156 valence electrons. The minimum atomic E-state index is -3.91. The van der Waals surface area contributed by atoms with Gasteiger partial charge in [-0.25, -0.2) is 18.4 Å². The molecule has 0 bridgehead atoms. The van der Waals surface area contributed by atoms with Crippen LogP contribution >= 0.6 is 22.9 Å².